The van der Waals surface area contributed by atoms with E-state index >= 15 is 0 Å². The third-order valence-electron chi connectivity index (χ3n) is 4.13. The Labute approximate surface area is 111 Å². The van der Waals surface area contributed by atoms with Crippen molar-refractivity contribution in [3.05, 3.63) is 12.2 Å². The minimum atomic E-state index is -0.280. The van der Waals surface area contributed by atoms with Gasteiger partial charge in [0.2, 0.25) is 0 Å². The molecule has 0 amide bonds. The van der Waals surface area contributed by atoms with Crippen molar-refractivity contribution in [2.45, 2.75) is 44.6 Å². The summed E-state index contributed by atoms with van der Waals surface area (Å²) < 4.78 is 5.68. The molecule has 104 valence electrons. The summed E-state index contributed by atoms with van der Waals surface area (Å²) in [5.74, 6) is 0.671. The van der Waals surface area contributed by atoms with Crippen LogP contribution in [0.25, 0.3) is 0 Å². The lowest BCUT2D eigenvalue weighted by atomic mass is 9.95. The van der Waals surface area contributed by atoms with E-state index in [1.807, 2.05) is 0 Å². The molecular formula is C15H28NO2+. The van der Waals surface area contributed by atoms with E-state index in [2.05, 4.69) is 12.2 Å². The van der Waals surface area contributed by atoms with Crippen LogP contribution in [-0.2, 0) is 4.74 Å². The van der Waals surface area contributed by atoms with Crippen LogP contribution in [0.2, 0.25) is 0 Å². The Hall–Kier alpha value is -0.380. The average Bonchev–Trinajstić information content (AvgIpc) is 2.41. The highest BCUT2D eigenvalue weighted by Crippen LogP contribution is 2.18. The standard InChI is InChI=1S/C15H27NO2/c17-15(11-16-9-5-2-6-10-16)13-18-12-14-7-3-1-4-8-14/h1,3,14-15,17H,2,4-13H2/p+1/t14-,15+/m0/s1. The van der Waals surface area contributed by atoms with Crippen LogP contribution in [0.1, 0.15) is 38.5 Å². The third-order valence-corrected chi connectivity index (χ3v) is 4.13. The zero-order chi connectivity index (χ0) is 12.6. The molecule has 1 aliphatic carbocycles. The van der Waals surface area contributed by atoms with Gasteiger partial charge in [0.1, 0.15) is 12.6 Å². The van der Waals surface area contributed by atoms with Crippen LogP contribution in [-0.4, -0.2) is 44.1 Å². The first kappa shape index (κ1) is 14.0. The van der Waals surface area contributed by atoms with Crippen LogP contribution in [0.5, 0.6) is 0 Å². The van der Waals surface area contributed by atoms with Gasteiger partial charge in [-0.05, 0) is 44.4 Å². The molecule has 0 bridgehead atoms. The van der Waals surface area contributed by atoms with Crippen molar-refractivity contribution in [2.75, 3.05) is 32.8 Å². The second-order valence-electron chi connectivity index (χ2n) is 5.86. The number of rotatable bonds is 6. The zero-order valence-corrected chi connectivity index (χ0v) is 11.4. The summed E-state index contributed by atoms with van der Waals surface area (Å²) in [4.78, 5) is 1.55. The monoisotopic (exact) mass is 254 g/mol. The van der Waals surface area contributed by atoms with E-state index in [0.29, 0.717) is 12.5 Å². The molecular weight excluding hydrogens is 226 g/mol. The van der Waals surface area contributed by atoms with E-state index in [9.17, 15) is 5.11 Å². The van der Waals surface area contributed by atoms with E-state index in [-0.39, 0.29) is 6.10 Å². The zero-order valence-electron chi connectivity index (χ0n) is 11.4. The molecule has 2 aliphatic rings. The van der Waals surface area contributed by atoms with Gasteiger partial charge in [0.15, 0.2) is 0 Å². The van der Waals surface area contributed by atoms with E-state index < -0.39 is 0 Å². The van der Waals surface area contributed by atoms with Crippen LogP contribution < -0.4 is 4.90 Å². The predicted octanol–water partition coefficient (Wildman–Crippen LogP) is 0.789. The van der Waals surface area contributed by atoms with Gasteiger partial charge < -0.3 is 14.7 Å². The summed E-state index contributed by atoms with van der Waals surface area (Å²) in [6.07, 6.45) is 11.8. The largest absolute Gasteiger partial charge is 0.385 e. The molecule has 0 aromatic rings. The fourth-order valence-electron chi connectivity index (χ4n) is 3.03. The Morgan fingerprint density at radius 3 is 2.78 bits per heavy atom. The first-order valence-electron chi connectivity index (χ1n) is 7.59. The molecule has 0 radical (unpaired) electrons. The Bertz CT molecular complexity index is 249. The number of hydrogen-bond donors (Lipinski definition) is 2. The third kappa shape index (κ3) is 5.09. The minimum absolute atomic E-state index is 0.280. The molecule has 0 unspecified atom stereocenters. The second kappa shape index (κ2) is 7.93. The van der Waals surface area contributed by atoms with Crippen molar-refractivity contribution >= 4 is 0 Å². The highest BCUT2D eigenvalue weighted by Gasteiger charge is 2.18. The lowest BCUT2D eigenvalue weighted by Gasteiger charge is -2.26. The highest BCUT2D eigenvalue weighted by molar-refractivity contribution is 4.89. The highest BCUT2D eigenvalue weighted by atomic mass is 16.5. The van der Waals surface area contributed by atoms with E-state index in [1.165, 1.54) is 45.2 Å². The van der Waals surface area contributed by atoms with Gasteiger partial charge in [0.05, 0.1) is 19.7 Å². The topological polar surface area (TPSA) is 33.9 Å². The predicted molar refractivity (Wildman–Crippen MR) is 72.7 cm³/mol. The molecule has 1 saturated heterocycles. The van der Waals surface area contributed by atoms with Crippen molar-refractivity contribution in [3.63, 3.8) is 0 Å². The molecule has 18 heavy (non-hydrogen) atoms. The SMILES string of the molecule is O[C@@H](COC[C@H]1CC=CCC1)C[NH+]1CCCCC1. The normalized spacial score (nSPS) is 27.3. The summed E-state index contributed by atoms with van der Waals surface area (Å²) in [5, 5.41) is 9.97. The molecule has 1 aliphatic heterocycles. The van der Waals surface area contributed by atoms with Gasteiger partial charge in [-0.3, -0.25) is 0 Å². The molecule has 0 aromatic heterocycles. The van der Waals surface area contributed by atoms with Gasteiger partial charge >= 0.3 is 0 Å². The fourth-order valence-corrected chi connectivity index (χ4v) is 3.03. The smallest absolute Gasteiger partial charge is 0.126 e. The van der Waals surface area contributed by atoms with Crippen molar-refractivity contribution < 1.29 is 14.7 Å². The van der Waals surface area contributed by atoms with Gasteiger partial charge in [0, 0.05) is 6.61 Å². The second-order valence-corrected chi connectivity index (χ2v) is 5.86. The van der Waals surface area contributed by atoms with Crippen LogP contribution in [0.4, 0.5) is 0 Å². The first-order valence-corrected chi connectivity index (χ1v) is 7.59. The number of ether oxygens (including phenoxy) is 1. The Kier molecular flexibility index (Phi) is 6.18. The Morgan fingerprint density at radius 2 is 2.06 bits per heavy atom. The molecule has 0 aromatic carbocycles. The summed E-state index contributed by atoms with van der Waals surface area (Å²) in [5.41, 5.74) is 0. The van der Waals surface area contributed by atoms with Crippen molar-refractivity contribution in [3.8, 4) is 0 Å². The molecule has 1 fully saturated rings. The molecule has 0 spiro atoms. The van der Waals surface area contributed by atoms with Crippen LogP contribution in [0.3, 0.4) is 0 Å². The van der Waals surface area contributed by atoms with E-state index in [4.69, 9.17) is 4.74 Å². The van der Waals surface area contributed by atoms with Crippen LogP contribution >= 0.6 is 0 Å². The van der Waals surface area contributed by atoms with Gasteiger partial charge in [0.25, 0.3) is 0 Å². The number of quaternary nitrogens is 1. The molecule has 3 nitrogen and oxygen atoms in total. The van der Waals surface area contributed by atoms with E-state index in [0.717, 1.165) is 19.6 Å². The lowest BCUT2D eigenvalue weighted by molar-refractivity contribution is -0.908. The Morgan fingerprint density at radius 1 is 1.22 bits per heavy atom. The van der Waals surface area contributed by atoms with Gasteiger partial charge in [-0.1, -0.05) is 12.2 Å². The molecule has 2 N–H and O–H groups in total. The average molecular weight is 254 g/mol. The summed E-state index contributed by atoms with van der Waals surface area (Å²) in [7, 11) is 0. The number of likely N-dealkylation sites (tertiary alicyclic amines) is 1. The van der Waals surface area contributed by atoms with Crippen LogP contribution in [0.15, 0.2) is 12.2 Å². The summed E-state index contributed by atoms with van der Waals surface area (Å²) in [6, 6.07) is 0. The number of hydrogen-bond acceptors (Lipinski definition) is 2. The maximum Gasteiger partial charge on any atom is 0.126 e. The van der Waals surface area contributed by atoms with Crippen LogP contribution in [0, 0.1) is 5.92 Å². The first-order chi connectivity index (χ1) is 8.84. The molecule has 0 saturated carbocycles. The molecule has 2 atom stereocenters. The number of aliphatic hydroxyl groups excluding tert-OH is 1. The van der Waals surface area contributed by atoms with Gasteiger partial charge in [-0.15, -0.1) is 0 Å². The maximum absolute atomic E-state index is 9.97. The van der Waals surface area contributed by atoms with Crippen molar-refractivity contribution in [1.82, 2.24) is 0 Å². The number of allylic oxidation sites excluding steroid dienone is 2. The maximum atomic E-state index is 9.97. The van der Waals surface area contributed by atoms with Gasteiger partial charge in [-0.2, -0.15) is 0 Å². The fraction of sp³-hybridized carbons (Fsp3) is 0.867. The molecule has 3 heteroatoms. The Balaban J connectivity index is 1.53. The number of piperidine rings is 1. The van der Waals surface area contributed by atoms with Crippen molar-refractivity contribution in [2.24, 2.45) is 5.92 Å². The van der Waals surface area contributed by atoms with Gasteiger partial charge in [-0.25, -0.2) is 0 Å². The number of nitrogens with one attached hydrogen (secondary N) is 1. The summed E-state index contributed by atoms with van der Waals surface area (Å²) in [6.45, 7) is 4.65. The lowest BCUT2D eigenvalue weighted by Crippen LogP contribution is -3.14. The van der Waals surface area contributed by atoms with Crippen molar-refractivity contribution in [1.29, 1.82) is 0 Å². The minimum Gasteiger partial charge on any atom is -0.385 e. The molecule has 1 heterocycles. The molecule has 2 rings (SSSR count). The quantitative estimate of drug-likeness (QED) is 0.687. The van der Waals surface area contributed by atoms with E-state index in [1.54, 1.807) is 4.90 Å². The summed E-state index contributed by atoms with van der Waals surface area (Å²) >= 11 is 0. The number of aliphatic hydroxyl groups is 1.